The Labute approximate surface area is 246 Å². The molecule has 0 atom stereocenters. The summed E-state index contributed by atoms with van der Waals surface area (Å²) in [5, 5.41) is 10.1. The van der Waals surface area contributed by atoms with Crippen LogP contribution in [0.5, 0.6) is 5.75 Å². The van der Waals surface area contributed by atoms with E-state index < -0.39 is 0 Å². The van der Waals surface area contributed by atoms with Gasteiger partial charge in [-0.05, 0) is 57.6 Å². The second-order valence-corrected chi connectivity index (χ2v) is 11.7. The molecule has 1 aliphatic carbocycles. The number of aromatic nitrogens is 2. The van der Waals surface area contributed by atoms with Crippen molar-refractivity contribution in [1.82, 2.24) is 25.1 Å². The average Bonchev–Trinajstić information content (AvgIpc) is 3.41. The minimum Gasteiger partial charge on any atom is -0.489 e. The van der Waals surface area contributed by atoms with E-state index in [2.05, 4.69) is 25.9 Å². The summed E-state index contributed by atoms with van der Waals surface area (Å²) in [6.45, 7) is 3.40. The van der Waals surface area contributed by atoms with Gasteiger partial charge in [0.25, 0.3) is 0 Å². The van der Waals surface area contributed by atoms with Crippen molar-refractivity contribution in [2.75, 3.05) is 57.5 Å². The van der Waals surface area contributed by atoms with Gasteiger partial charge in [0.15, 0.2) is 0 Å². The number of halogens is 1. The van der Waals surface area contributed by atoms with Crippen molar-refractivity contribution in [2.24, 2.45) is 5.92 Å². The number of amides is 2. The second kappa shape index (κ2) is 13.5. The van der Waals surface area contributed by atoms with Crippen LogP contribution >= 0.6 is 11.6 Å². The Hall–Kier alpha value is -3.37. The minimum atomic E-state index is -0.0883. The molecule has 3 heterocycles. The van der Waals surface area contributed by atoms with Crippen molar-refractivity contribution in [2.45, 2.75) is 51.0 Å². The predicted octanol–water partition coefficient (Wildman–Crippen LogP) is 4.31. The molecule has 0 unspecified atom stereocenters. The molecule has 3 N–H and O–H groups in total. The summed E-state index contributed by atoms with van der Waals surface area (Å²) in [5.74, 6) is 2.32. The fourth-order valence-electron chi connectivity index (χ4n) is 5.64. The van der Waals surface area contributed by atoms with Gasteiger partial charge < -0.3 is 30.5 Å². The molecule has 0 bridgehead atoms. The molecule has 0 spiro atoms. The van der Waals surface area contributed by atoms with Crippen LogP contribution in [0.2, 0.25) is 5.02 Å². The third-order valence-corrected chi connectivity index (χ3v) is 8.27. The summed E-state index contributed by atoms with van der Waals surface area (Å²) in [7, 11) is 3.95. The van der Waals surface area contributed by atoms with E-state index in [0.29, 0.717) is 53.4 Å². The Morgan fingerprint density at radius 3 is 2.66 bits per heavy atom. The number of nitrogens with one attached hydrogen (secondary N) is 3. The lowest BCUT2D eigenvalue weighted by Gasteiger charge is -2.33. The van der Waals surface area contributed by atoms with Gasteiger partial charge in [-0.2, -0.15) is 0 Å². The molecule has 2 fully saturated rings. The van der Waals surface area contributed by atoms with Crippen LogP contribution < -0.4 is 20.7 Å². The number of rotatable bonds is 9. The van der Waals surface area contributed by atoms with E-state index in [1.807, 2.05) is 48.2 Å². The van der Waals surface area contributed by atoms with Crippen LogP contribution in [0, 0.1) is 5.92 Å². The van der Waals surface area contributed by atoms with Crippen molar-refractivity contribution >= 4 is 46.8 Å². The molecular weight excluding hydrogens is 542 g/mol. The molecule has 11 heteroatoms. The molecule has 3 aliphatic rings. The van der Waals surface area contributed by atoms with Gasteiger partial charge >= 0.3 is 0 Å². The lowest BCUT2D eigenvalue weighted by atomic mass is 10.0. The van der Waals surface area contributed by atoms with Gasteiger partial charge in [-0.15, -0.1) is 0 Å². The molecule has 10 nitrogen and oxygen atoms in total. The molecule has 0 radical (unpaired) electrons. The second-order valence-electron chi connectivity index (χ2n) is 11.3. The minimum absolute atomic E-state index is 0.0232. The maximum absolute atomic E-state index is 12.8. The number of hydrogen-bond acceptors (Lipinski definition) is 8. The fourth-order valence-corrected chi connectivity index (χ4v) is 5.86. The van der Waals surface area contributed by atoms with E-state index in [4.69, 9.17) is 16.3 Å². The zero-order chi connectivity index (χ0) is 28.8. The van der Waals surface area contributed by atoms with Crippen LogP contribution in [0.25, 0.3) is 6.08 Å². The molecule has 2 aliphatic heterocycles. The number of piperidine rings is 1. The van der Waals surface area contributed by atoms with Gasteiger partial charge in [0.1, 0.15) is 29.8 Å². The summed E-state index contributed by atoms with van der Waals surface area (Å²) < 4.78 is 6.25. The third-order valence-electron chi connectivity index (χ3n) is 7.97. The highest BCUT2D eigenvalue weighted by Gasteiger charge is 2.30. The molecule has 1 saturated heterocycles. The number of likely N-dealkylation sites (N-methyl/N-ethyl adjacent to an activating group) is 1. The number of likely N-dealkylation sites (tertiary alicyclic amines) is 1. The molecule has 220 valence electrons. The van der Waals surface area contributed by atoms with Gasteiger partial charge in [0.2, 0.25) is 11.8 Å². The van der Waals surface area contributed by atoms with Gasteiger partial charge in [-0.1, -0.05) is 24.4 Å². The zero-order valence-electron chi connectivity index (χ0n) is 23.9. The lowest BCUT2D eigenvalue weighted by molar-refractivity contribution is -0.137. The van der Waals surface area contributed by atoms with Crippen LogP contribution in [-0.2, 0) is 9.59 Å². The summed E-state index contributed by atoms with van der Waals surface area (Å²) in [5.41, 5.74) is 2.14. The molecule has 1 aromatic carbocycles. The van der Waals surface area contributed by atoms with Crippen LogP contribution in [-0.4, -0.2) is 84.5 Å². The van der Waals surface area contributed by atoms with E-state index in [0.717, 1.165) is 56.6 Å². The van der Waals surface area contributed by atoms with Crippen LogP contribution in [0.4, 0.5) is 17.3 Å². The maximum Gasteiger partial charge on any atom is 0.247 e. The molecule has 41 heavy (non-hydrogen) atoms. The van der Waals surface area contributed by atoms with E-state index in [1.165, 1.54) is 19.2 Å². The Morgan fingerprint density at radius 2 is 1.93 bits per heavy atom. The SMILES string of the molecule is CN(C)CCNC(=O)C1=Cc2c(ncnc2Nc2ccc(OC3CCN(C(=O)C4CCCC4)CC3)c(Cl)c2)NCC1. The van der Waals surface area contributed by atoms with E-state index >= 15 is 0 Å². The van der Waals surface area contributed by atoms with Crippen LogP contribution in [0.1, 0.15) is 50.5 Å². The summed E-state index contributed by atoms with van der Waals surface area (Å²) in [6.07, 6.45) is 9.94. The average molecular weight is 582 g/mol. The Morgan fingerprint density at radius 1 is 1.15 bits per heavy atom. The quantitative estimate of drug-likeness (QED) is 0.402. The van der Waals surface area contributed by atoms with Crippen molar-refractivity contribution in [3.8, 4) is 5.75 Å². The number of carbonyl (C=O) groups excluding carboxylic acids is 2. The first-order valence-electron chi connectivity index (χ1n) is 14.6. The highest BCUT2D eigenvalue weighted by Crippen LogP contribution is 2.34. The number of anilines is 3. The Bertz CT molecular complexity index is 1270. The van der Waals surface area contributed by atoms with E-state index in [1.54, 1.807) is 0 Å². The number of nitrogens with zero attached hydrogens (tertiary/aromatic N) is 4. The van der Waals surface area contributed by atoms with Crippen molar-refractivity contribution in [3.05, 3.63) is 40.7 Å². The lowest BCUT2D eigenvalue weighted by Crippen LogP contribution is -2.44. The van der Waals surface area contributed by atoms with E-state index in [9.17, 15) is 9.59 Å². The maximum atomic E-state index is 12.8. The number of ether oxygens (including phenoxy) is 1. The molecule has 2 amide bonds. The number of benzene rings is 1. The molecule has 5 rings (SSSR count). The summed E-state index contributed by atoms with van der Waals surface area (Å²) in [6, 6.07) is 5.57. The Balaban J connectivity index is 1.21. The highest BCUT2D eigenvalue weighted by molar-refractivity contribution is 6.32. The van der Waals surface area contributed by atoms with Crippen molar-refractivity contribution in [1.29, 1.82) is 0 Å². The molecule has 1 aromatic heterocycles. The third kappa shape index (κ3) is 7.48. The number of carbonyl (C=O) groups is 2. The van der Waals surface area contributed by atoms with Crippen molar-refractivity contribution in [3.63, 3.8) is 0 Å². The predicted molar refractivity (Wildman–Crippen MR) is 162 cm³/mol. The van der Waals surface area contributed by atoms with Crippen molar-refractivity contribution < 1.29 is 14.3 Å². The van der Waals surface area contributed by atoms with Crippen LogP contribution in [0.15, 0.2) is 30.1 Å². The smallest absolute Gasteiger partial charge is 0.247 e. The number of hydrogen-bond donors (Lipinski definition) is 3. The summed E-state index contributed by atoms with van der Waals surface area (Å²) in [4.78, 5) is 38.5. The largest absolute Gasteiger partial charge is 0.489 e. The standard InChI is InChI=1S/C30H40ClN7O3/c1-37(2)16-13-33-29(39)21-9-12-32-27-24(17-21)28(35-19-34-27)36-22-7-8-26(25(31)18-22)41-23-10-14-38(15-11-23)30(40)20-5-3-4-6-20/h7-8,17-20,23H,3-6,9-16H2,1-2H3,(H,33,39)(H2,32,34,35,36). The topological polar surface area (TPSA) is 112 Å². The van der Waals surface area contributed by atoms with Gasteiger partial charge in [-0.25, -0.2) is 9.97 Å². The first-order chi connectivity index (χ1) is 19.9. The molecule has 2 aromatic rings. The molecular formula is C30H40ClN7O3. The normalized spacial score (nSPS) is 17.9. The number of fused-ring (bicyclic) bond motifs is 1. The first kappa shape index (κ1) is 29.1. The highest BCUT2D eigenvalue weighted by atomic mass is 35.5. The van der Waals surface area contributed by atoms with Gasteiger partial charge in [0.05, 0.1) is 10.6 Å². The zero-order valence-corrected chi connectivity index (χ0v) is 24.7. The van der Waals surface area contributed by atoms with Gasteiger partial charge in [0, 0.05) is 62.7 Å². The fraction of sp³-hybridized carbons (Fsp3) is 0.533. The first-order valence-corrected chi connectivity index (χ1v) is 15.0. The van der Waals surface area contributed by atoms with E-state index in [-0.39, 0.29) is 17.9 Å². The monoisotopic (exact) mass is 581 g/mol. The van der Waals surface area contributed by atoms with Crippen LogP contribution in [0.3, 0.4) is 0 Å². The summed E-state index contributed by atoms with van der Waals surface area (Å²) >= 11 is 6.64. The van der Waals surface area contributed by atoms with Gasteiger partial charge in [-0.3, -0.25) is 9.59 Å². The molecule has 1 saturated carbocycles. The Kier molecular flexibility index (Phi) is 9.61.